The average Bonchev–Trinajstić information content (AvgIpc) is 3.07. The summed E-state index contributed by atoms with van der Waals surface area (Å²) in [5, 5.41) is 6.63. The molecular formula is C22H20F3N5. The molecule has 1 atom stereocenters. The third-order valence-corrected chi connectivity index (χ3v) is 4.95. The lowest BCUT2D eigenvalue weighted by molar-refractivity contribution is -0.137. The van der Waals surface area contributed by atoms with Gasteiger partial charge in [0.15, 0.2) is 0 Å². The Labute approximate surface area is 171 Å². The van der Waals surface area contributed by atoms with Crippen LogP contribution in [0, 0.1) is 0 Å². The lowest BCUT2D eigenvalue weighted by Crippen LogP contribution is -2.26. The molecule has 0 aliphatic carbocycles. The molecule has 2 aromatic carbocycles. The summed E-state index contributed by atoms with van der Waals surface area (Å²) in [7, 11) is 0. The second-order valence-corrected chi connectivity index (χ2v) is 7.25. The summed E-state index contributed by atoms with van der Waals surface area (Å²) in [6, 6.07) is 12.5. The van der Waals surface area contributed by atoms with Crippen LogP contribution in [0.2, 0.25) is 0 Å². The van der Waals surface area contributed by atoms with Gasteiger partial charge in [-0.25, -0.2) is 4.68 Å². The summed E-state index contributed by atoms with van der Waals surface area (Å²) < 4.78 is 39.8. The minimum absolute atomic E-state index is 0.324. The van der Waals surface area contributed by atoms with E-state index in [2.05, 4.69) is 10.1 Å². The van der Waals surface area contributed by atoms with Gasteiger partial charge in [0.1, 0.15) is 0 Å². The van der Waals surface area contributed by atoms with E-state index in [4.69, 9.17) is 11.5 Å². The van der Waals surface area contributed by atoms with Crippen molar-refractivity contribution in [3.63, 3.8) is 0 Å². The Balaban J connectivity index is 1.47. The number of nitrogen functional groups attached to an aromatic ring is 1. The van der Waals surface area contributed by atoms with Crippen molar-refractivity contribution >= 4 is 16.5 Å². The van der Waals surface area contributed by atoms with Crippen molar-refractivity contribution < 1.29 is 13.2 Å². The summed E-state index contributed by atoms with van der Waals surface area (Å²) in [5.74, 6) is 0. The molecule has 4 N–H and O–H groups in total. The number of rotatable bonds is 5. The molecule has 0 radical (unpaired) electrons. The first-order valence-electron chi connectivity index (χ1n) is 9.39. The van der Waals surface area contributed by atoms with E-state index in [1.807, 2.05) is 24.3 Å². The van der Waals surface area contributed by atoms with Crippen molar-refractivity contribution in [2.75, 3.05) is 5.73 Å². The van der Waals surface area contributed by atoms with Gasteiger partial charge in [0.25, 0.3) is 0 Å². The lowest BCUT2D eigenvalue weighted by atomic mass is 10.0. The molecule has 4 rings (SSSR count). The highest BCUT2D eigenvalue weighted by Gasteiger charge is 2.30. The quantitative estimate of drug-likeness (QED) is 0.517. The molecule has 0 saturated carbocycles. The molecule has 0 unspecified atom stereocenters. The molecule has 0 fully saturated rings. The van der Waals surface area contributed by atoms with Crippen molar-refractivity contribution in [1.82, 2.24) is 14.8 Å². The van der Waals surface area contributed by atoms with Crippen LogP contribution in [-0.2, 0) is 19.0 Å². The van der Waals surface area contributed by atoms with Crippen molar-refractivity contribution in [3.05, 3.63) is 83.9 Å². The van der Waals surface area contributed by atoms with Crippen LogP contribution in [0.15, 0.2) is 67.1 Å². The van der Waals surface area contributed by atoms with Gasteiger partial charge in [-0.05, 0) is 47.7 Å². The Morgan fingerprint density at radius 2 is 1.73 bits per heavy atom. The van der Waals surface area contributed by atoms with Gasteiger partial charge in [-0.15, -0.1) is 0 Å². The predicted octanol–water partition coefficient (Wildman–Crippen LogP) is 4.13. The first-order valence-corrected chi connectivity index (χ1v) is 9.39. The minimum Gasteiger partial charge on any atom is -0.396 e. The largest absolute Gasteiger partial charge is 0.416 e. The van der Waals surface area contributed by atoms with E-state index in [-0.39, 0.29) is 6.04 Å². The molecule has 2 heterocycles. The summed E-state index contributed by atoms with van der Waals surface area (Å²) in [6.45, 7) is 0. The molecular weight excluding hydrogens is 391 g/mol. The number of anilines is 1. The van der Waals surface area contributed by atoms with E-state index in [1.54, 1.807) is 23.3 Å². The van der Waals surface area contributed by atoms with Gasteiger partial charge in [-0.1, -0.05) is 18.2 Å². The lowest BCUT2D eigenvalue weighted by Gasteiger charge is -2.12. The molecule has 0 aliphatic heterocycles. The van der Waals surface area contributed by atoms with Crippen LogP contribution in [0.3, 0.4) is 0 Å². The molecule has 154 valence electrons. The van der Waals surface area contributed by atoms with Crippen molar-refractivity contribution in [3.8, 4) is 5.69 Å². The monoisotopic (exact) mass is 411 g/mol. The number of halogens is 3. The zero-order chi connectivity index (χ0) is 21.3. The second kappa shape index (κ2) is 7.79. The zero-order valence-electron chi connectivity index (χ0n) is 16.0. The van der Waals surface area contributed by atoms with Gasteiger partial charge in [-0.3, -0.25) is 4.98 Å². The molecule has 0 spiro atoms. The third kappa shape index (κ3) is 4.28. The van der Waals surface area contributed by atoms with Crippen LogP contribution < -0.4 is 11.5 Å². The third-order valence-electron chi connectivity index (χ3n) is 4.95. The van der Waals surface area contributed by atoms with Crippen LogP contribution in [-0.4, -0.2) is 20.8 Å². The maximum Gasteiger partial charge on any atom is 0.416 e. The van der Waals surface area contributed by atoms with Crippen molar-refractivity contribution in [1.29, 1.82) is 0 Å². The Morgan fingerprint density at radius 3 is 2.47 bits per heavy atom. The summed E-state index contributed by atoms with van der Waals surface area (Å²) in [4.78, 5) is 4.11. The smallest absolute Gasteiger partial charge is 0.396 e. The Kier molecular flexibility index (Phi) is 5.17. The maximum absolute atomic E-state index is 12.7. The summed E-state index contributed by atoms with van der Waals surface area (Å²) in [5.41, 5.74) is 14.4. The van der Waals surface area contributed by atoms with E-state index in [1.165, 1.54) is 12.1 Å². The maximum atomic E-state index is 12.7. The van der Waals surface area contributed by atoms with Gasteiger partial charge >= 0.3 is 6.18 Å². The molecule has 0 saturated heterocycles. The van der Waals surface area contributed by atoms with Crippen LogP contribution in [0.5, 0.6) is 0 Å². The van der Waals surface area contributed by atoms with Crippen LogP contribution in [0.1, 0.15) is 16.8 Å². The van der Waals surface area contributed by atoms with E-state index < -0.39 is 11.7 Å². The van der Waals surface area contributed by atoms with E-state index in [0.29, 0.717) is 24.2 Å². The Morgan fingerprint density at radius 1 is 0.967 bits per heavy atom. The van der Waals surface area contributed by atoms with Crippen LogP contribution in [0.4, 0.5) is 18.9 Å². The number of hydrogen-bond acceptors (Lipinski definition) is 4. The fourth-order valence-electron chi connectivity index (χ4n) is 3.38. The SMILES string of the molecule is Nc1cn(-c2ccc3cnccc3c2)nc1C[C@@H](N)Cc1ccc(C(F)(F)F)cc1. The number of nitrogens with zero attached hydrogens (tertiary/aromatic N) is 3. The second-order valence-electron chi connectivity index (χ2n) is 7.25. The van der Waals surface area contributed by atoms with Crippen LogP contribution >= 0.6 is 0 Å². The van der Waals surface area contributed by atoms with Crippen molar-refractivity contribution in [2.45, 2.75) is 25.1 Å². The molecule has 0 bridgehead atoms. The van der Waals surface area contributed by atoms with Gasteiger partial charge in [0.05, 0.1) is 28.8 Å². The molecule has 2 aromatic heterocycles. The number of pyridine rings is 1. The molecule has 0 amide bonds. The topological polar surface area (TPSA) is 82.8 Å². The van der Waals surface area contributed by atoms with Gasteiger partial charge < -0.3 is 11.5 Å². The Bertz CT molecular complexity index is 1170. The summed E-state index contributed by atoms with van der Waals surface area (Å²) in [6.07, 6.45) is 1.76. The Hall–Kier alpha value is -3.39. The van der Waals surface area contributed by atoms with Crippen molar-refractivity contribution in [2.24, 2.45) is 5.73 Å². The first-order chi connectivity index (χ1) is 14.3. The molecule has 0 aliphatic rings. The highest BCUT2D eigenvalue weighted by Crippen LogP contribution is 2.29. The van der Waals surface area contributed by atoms with Gasteiger partial charge in [0.2, 0.25) is 0 Å². The molecule has 5 nitrogen and oxygen atoms in total. The fraction of sp³-hybridized carbons (Fsp3) is 0.182. The number of nitrogens with two attached hydrogens (primary N) is 2. The zero-order valence-corrected chi connectivity index (χ0v) is 16.0. The number of aromatic nitrogens is 3. The molecule has 8 heteroatoms. The van der Waals surface area contributed by atoms with E-state index in [9.17, 15) is 13.2 Å². The standard InChI is InChI=1S/C22H20F3N5/c23-22(24,25)17-4-1-14(2-5-17)9-18(26)11-21-20(27)13-30(29-21)19-6-3-16-12-28-8-7-15(16)10-19/h1-8,10,12-13,18H,9,11,26-27H2/t18-/m0/s1. The number of hydrogen-bond donors (Lipinski definition) is 2. The minimum atomic E-state index is -4.35. The van der Waals surface area contributed by atoms with Crippen LogP contribution in [0.25, 0.3) is 16.5 Å². The molecule has 4 aromatic rings. The number of fused-ring (bicyclic) bond motifs is 1. The molecule has 30 heavy (non-hydrogen) atoms. The van der Waals surface area contributed by atoms with E-state index >= 15 is 0 Å². The predicted molar refractivity (Wildman–Crippen MR) is 110 cm³/mol. The van der Waals surface area contributed by atoms with Gasteiger partial charge in [0, 0.05) is 30.2 Å². The average molecular weight is 411 g/mol. The normalized spacial score (nSPS) is 12.9. The first kappa shape index (κ1) is 19.9. The number of benzene rings is 2. The summed E-state index contributed by atoms with van der Waals surface area (Å²) >= 11 is 0. The number of alkyl halides is 3. The fourth-order valence-corrected chi connectivity index (χ4v) is 3.38. The van der Waals surface area contributed by atoms with E-state index in [0.717, 1.165) is 34.2 Å². The highest BCUT2D eigenvalue weighted by atomic mass is 19.4. The highest BCUT2D eigenvalue weighted by molar-refractivity contribution is 5.83. The van der Waals surface area contributed by atoms with Gasteiger partial charge in [-0.2, -0.15) is 18.3 Å².